The number of aromatic nitrogens is 1. The second-order valence-electron chi connectivity index (χ2n) is 5.72. The van der Waals surface area contributed by atoms with Crippen molar-refractivity contribution in [2.45, 2.75) is 13.5 Å². The highest BCUT2D eigenvalue weighted by Gasteiger charge is 2.09. The summed E-state index contributed by atoms with van der Waals surface area (Å²) in [7, 11) is 0. The molecule has 0 spiro atoms. The van der Waals surface area contributed by atoms with Gasteiger partial charge < -0.3 is 4.57 Å². The van der Waals surface area contributed by atoms with E-state index in [4.69, 9.17) is 0 Å². The number of carbonyl (C=O) groups is 1. The SMILES string of the molecule is CCn1c(=NC(=O)c2ccc3ccccc3c2)sc2cc(Br)ccc21. The molecule has 25 heavy (non-hydrogen) atoms. The smallest absolute Gasteiger partial charge is 0.279 e. The summed E-state index contributed by atoms with van der Waals surface area (Å²) < 4.78 is 4.21. The molecule has 124 valence electrons. The minimum Gasteiger partial charge on any atom is -0.317 e. The first-order valence-electron chi connectivity index (χ1n) is 8.02. The number of thiazole rings is 1. The average molecular weight is 411 g/mol. The quantitative estimate of drug-likeness (QED) is 0.436. The lowest BCUT2D eigenvalue weighted by Crippen LogP contribution is -2.15. The average Bonchev–Trinajstić information content (AvgIpc) is 2.97. The fraction of sp³-hybridized carbons (Fsp3) is 0.100. The molecule has 1 heterocycles. The van der Waals surface area contributed by atoms with Crippen molar-refractivity contribution >= 4 is 54.2 Å². The van der Waals surface area contributed by atoms with Gasteiger partial charge in [0.05, 0.1) is 10.2 Å². The molecule has 0 radical (unpaired) electrons. The molecule has 0 saturated carbocycles. The van der Waals surface area contributed by atoms with E-state index < -0.39 is 0 Å². The molecule has 0 saturated heterocycles. The fourth-order valence-corrected chi connectivity index (χ4v) is 4.56. The number of fused-ring (bicyclic) bond motifs is 2. The molecule has 0 fully saturated rings. The molecule has 1 amide bonds. The summed E-state index contributed by atoms with van der Waals surface area (Å²) >= 11 is 5.03. The summed E-state index contributed by atoms with van der Waals surface area (Å²) in [6, 6.07) is 19.9. The predicted molar refractivity (Wildman–Crippen MR) is 107 cm³/mol. The Kier molecular flexibility index (Phi) is 4.27. The fourth-order valence-electron chi connectivity index (χ4n) is 2.91. The number of nitrogens with zero attached hydrogens (tertiary/aromatic N) is 2. The van der Waals surface area contributed by atoms with Crippen molar-refractivity contribution in [3.8, 4) is 0 Å². The van der Waals surface area contributed by atoms with Crippen LogP contribution in [0.5, 0.6) is 0 Å². The molecule has 0 N–H and O–H groups in total. The lowest BCUT2D eigenvalue weighted by Gasteiger charge is -2.01. The van der Waals surface area contributed by atoms with E-state index in [2.05, 4.69) is 44.5 Å². The van der Waals surface area contributed by atoms with Gasteiger partial charge in [0, 0.05) is 16.6 Å². The zero-order valence-electron chi connectivity index (χ0n) is 13.6. The zero-order valence-corrected chi connectivity index (χ0v) is 16.0. The van der Waals surface area contributed by atoms with Gasteiger partial charge >= 0.3 is 0 Å². The summed E-state index contributed by atoms with van der Waals surface area (Å²) in [6.07, 6.45) is 0. The van der Waals surface area contributed by atoms with E-state index in [0.717, 1.165) is 36.8 Å². The third kappa shape index (κ3) is 3.05. The molecule has 3 nitrogen and oxygen atoms in total. The second-order valence-corrected chi connectivity index (χ2v) is 7.64. The molecule has 4 aromatic rings. The zero-order chi connectivity index (χ0) is 17.4. The highest BCUT2D eigenvalue weighted by Crippen LogP contribution is 2.22. The predicted octanol–water partition coefficient (Wildman–Crippen LogP) is 5.38. The van der Waals surface area contributed by atoms with Gasteiger partial charge in [-0.1, -0.05) is 57.6 Å². The summed E-state index contributed by atoms with van der Waals surface area (Å²) in [5.41, 5.74) is 1.71. The number of carbonyl (C=O) groups excluding carboxylic acids is 1. The molecule has 0 aliphatic rings. The van der Waals surface area contributed by atoms with Crippen LogP contribution in [0.3, 0.4) is 0 Å². The molecular weight excluding hydrogens is 396 g/mol. The normalized spacial score (nSPS) is 12.2. The van der Waals surface area contributed by atoms with Crippen molar-refractivity contribution in [3.63, 3.8) is 0 Å². The number of hydrogen-bond acceptors (Lipinski definition) is 2. The molecule has 0 bridgehead atoms. The first-order chi connectivity index (χ1) is 12.2. The number of halogens is 1. The minimum atomic E-state index is -0.210. The summed E-state index contributed by atoms with van der Waals surface area (Å²) in [4.78, 5) is 17.8. The van der Waals surface area contributed by atoms with Gasteiger partial charge in [-0.25, -0.2) is 0 Å². The maximum atomic E-state index is 12.7. The minimum absolute atomic E-state index is 0.210. The summed E-state index contributed by atoms with van der Waals surface area (Å²) in [5, 5.41) is 2.17. The molecule has 3 aromatic carbocycles. The second kappa shape index (κ2) is 6.58. The molecule has 0 aliphatic carbocycles. The summed E-state index contributed by atoms with van der Waals surface area (Å²) in [6.45, 7) is 2.83. The van der Waals surface area contributed by atoms with E-state index in [0.29, 0.717) is 5.56 Å². The Morgan fingerprint density at radius 3 is 2.68 bits per heavy atom. The highest BCUT2D eigenvalue weighted by atomic mass is 79.9. The monoisotopic (exact) mass is 410 g/mol. The van der Waals surface area contributed by atoms with Gasteiger partial charge in [0.25, 0.3) is 5.91 Å². The number of rotatable bonds is 2. The van der Waals surface area contributed by atoms with Crippen molar-refractivity contribution < 1.29 is 4.79 Å². The number of hydrogen-bond donors (Lipinski definition) is 0. The molecule has 0 unspecified atom stereocenters. The topological polar surface area (TPSA) is 34.4 Å². The van der Waals surface area contributed by atoms with Crippen molar-refractivity contribution in [1.29, 1.82) is 0 Å². The van der Waals surface area contributed by atoms with Gasteiger partial charge in [-0.3, -0.25) is 4.79 Å². The molecule has 4 rings (SSSR count). The first kappa shape index (κ1) is 16.2. The van der Waals surface area contributed by atoms with E-state index in [1.54, 1.807) is 0 Å². The third-order valence-electron chi connectivity index (χ3n) is 4.15. The first-order valence-corrected chi connectivity index (χ1v) is 9.63. The Labute approximate surface area is 157 Å². The van der Waals surface area contributed by atoms with Gasteiger partial charge in [-0.2, -0.15) is 4.99 Å². The maximum Gasteiger partial charge on any atom is 0.279 e. The Balaban J connectivity index is 1.83. The standard InChI is InChI=1S/C20H15BrN2OS/c1-2-23-17-10-9-16(21)12-18(17)25-20(23)22-19(24)15-8-7-13-5-3-4-6-14(13)11-15/h3-12H,2H2,1H3. The lowest BCUT2D eigenvalue weighted by molar-refractivity contribution is 0.0998. The number of amides is 1. The van der Waals surface area contributed by atoms with Gasteiger partial charge in [0.15, 0.2) is 4.80 Å². The van der Waals surface area contributed by atoms with Crippen LogP contribution in [0.2, 0.25) is 0 Å². The molecule has 0 aliphatic heterocycles. The van der Waals surface area contributed by atoms with Crippen molar-refractivity contribution in [2.75, 3.05) is 0 Å². The highest BCUT2D eigenvalue weighted by molar-refractivity contribution is 9.10. The van der Waals surface area contributed by atoms with Crippen LogP contribution >= 0.6 is 27.3 Å². The third-order valence-corrected chi connectivity index (χ3v) is 5.69. The van der Waals surface area contributed by atoms with Crippen molar-refractivity contribution in [1.82, 2.24) is 4.57 Å². The Morgan fingerprint density at radius 2 is 1.88 bits per heavy atom. The largest absolute Gasteiger partial charge is 0.317 e. The number of aryl methyl sites for hydroxylation is 1. The Bertz CT molecular complexity index is 1170. The van der Waals surface area contributed by atoms with Crippen LogP contribution in [0.1, 0.15) is 17.3 Å². The Morgan fingerprint density at radius 1 is 1.08 bits per heavy atom. The van der Waals surface area contributed by atoms with Crippen LogP contribution in [0.4, 0.5) is 0 Å². The molecule has 0 atom stereocenters. The van der Waals surface area contributed by atoms with Crippen LogP contribution in [0.15, 0.2) is 70.1 Å². The van der Waals surface area contributed by atoms with Crippen LogP contribution in [0.25, 0.3) is 21.0 Å². The van der Waals surface area contributed by atoms with E-state index >= 15 is 0 Å². The van der Waals surface area contributed by atoms with Crippen LogP contribution in [-0.4, -0.2) is 10.5 Å². The Hall–Kier alpha value is -2.24. The van der Waals surface area contributed by atoms with E-state index in [1.807, 2.05) is 48.5 Å². The lowest BCUT2D eigenvalue weighted by atomic mass is 10.1. The van der Waals surface area contributed by atoms with Gasteiger partial charge in [-0.15, -0.1) is 0 Å². The van der Waals surface area contributed by atoms with Gasteiger partial charge in [0.2, 0.25) is 0 Å². The van der Waals surface area contributed by atoms with E-state index in [9.17, 15) is 4.79 Å². The van der Waals surface area contributed by atoms with E-state index in [-0.39, 0.29) is 5.91 Å². The number of benzene rings is 3. The maximum absolute atomic E-state index is 12.7. The van der Waals surface area contributed by atoms with E-state index in [1.165, 1.54) is 11.3 Å². The van der Waals surface area contributed by atoms with Crippen molar-refractivity contribution in [2.24, 2.45) is 4.99 Å². The van der Waals surface area contributed by atoms with Crippen LogP contribution < -0.4 is 4.80 Å². The molecule has 1 aromatic heterocycles. The molecule has 5 heteroatoms. The molecular formula is C20H15BrN2OS. The van der Waals surface area contributed by atoms with Crippen LogP contribution in [-0.2, 0) is 6.54 Å². The van der Waals surface area contributed by atoms with Crippen LogP contribution in [0, 0.1) is 0 Å². The summed E-state index contributed by atoms with van der Waals surface area (Å²) in [5.74, 6) is -0.210. The van der Waals surface area contributed by atoms with Gasteiger partial charge in [-0.05, 0) is 48.0 Å². The van der Waals surface area contributed by atoms with Gasteiger partial charge in [0.1, 0.15) is 0 Å². The van der Waals surface area contributed by atoms with Crippen molar-refractivity contribution in [3.05, 3.63) is 75.5 Å².